The molecule has 0 saturated heterocycles. The third-order valence-electron chi connectivity index (χ3n) is 3.21. The van der Waals surface area contributed by atoms with Crippen molar-refractivity contribution in [3.63, 3.8) is 0 Å². The Morgan fingerprint density at radius 3 is 2.85 bits per heavy atom. The summed E-state index contributed by atoms with van der Waals surface area (Å²) in [6.45, 7) is 4.04. The maximum absolute atomic E-state index is 11.5. The van der Waals surface area contributed by atoms with Crippen molar-refractivity contribution in [2.45, 2.75) is 26.7 Å². The summed E-state index contributed by atoms with van der Waals surface area (Å²) in [5, 5.41) is 15.8. The zero-order valence-electron chi connectivity index (χ0n) is 11.2. The molecule has 0 spiro atoms. The highest BCUT2D eigenvalue weighted by Crippen LogP contribution is 2.22. The first-order valence-electron chi connectivity index (χ1n) is 6.42. The van der Waals surface area contributed by atoms with E-state index in [9.17, 15) is 9.90 Å². The van der Waals surface area contributed by atoms with Gasteiger partial charge in [0, 0.05) is 17.3 Å². The van der Waals surface area contributed by atoms with Crippen LogP contribution in [0.25, 0.3) is 10.8 Å². The molecular weight excluding hydrogens is 276 g/mol. The zero-order chi connectivity index (χ0) is 14.3. The van der Waals surface area contributed by atoms with Crippen LogP contribution < -0.4 is 0 Å². The molecule has 0 saturated carbocycles. The van der Waals surface area contributed by atoms with Gasteiger partial charge in [-0.3, -0.25) is 4.40 Å². The van der Waals surface area contributed by atoms with E-state index in [2.05, 4.69) is 10.1 Å². The van der Waals surface area contributed by atoms with Crippen molar-refractivity contribution >= 4 is 22.3 Å². The second-order valence-corrected chi connectivity index (χ2v) is 5.26. The summed E-state index contributed by atoms with van der Waals surface area (Å²) >= 11 is 1.41. The maximum atomic E-state index is 11.5. The summed E-state index contributed by atoms with van der Waals surface area (Å²) in [4.78, 5) is 16.6. The number of hydrogen-bond acceptors (Lipinski definition) is 4. The van der Waals surface area contributed by atoms with E-state index in [0.29, 0.717) is 10.8 Å². The van der Waals surface area contributed by atoms with Crippen molar-refractivity contribution in [1.29, 1.82) is 0 Å². The molecule has 3 aromatic rings. The van der Waals surface area contributed by atoms with Crippen LogP contribution in [0, 0.1) is 0 Å². The second kappa shape index (κ2) is 4.75. The number of aryl methyl sites for hydroxylation is 2. The Bertz CT molecular complexity index is 784. The molecule has 3 heterocycles. The maximum Gasteiger partial charge on any atom is 0.356 e. The Morgan fingerprint density at radius 1 is 1.40 bits per heavy atom. The van der Waals surface area contributed by atoms with Gasteiger partial charge >= 0.3 is 5.97 Å². The number of fused-ring (bicyclic) bond motifs is 1. The number of rotatable bonds is 4. The number of carboxylic acids is 1. The first kappa shape index (κ1) is 12.9. The third-order valence-corrected chi connectivity index (χ3v) is 3.96. The number of nitrogens with zero attached hydrogens (tertiary/aromatic N) is 4. The predicted molar refractivity (Wildman–Crippen MR) is 75.9 cm³/mol. The minimum absolute atomic E-state index is 0.154. The molecule has 3 aromatic heterocycles. The third kappa shape index (κ3) is 1.82. The lowest BCUT2D eigenvalue weighted by Crippen LogP contribution is -2.10. The van der Waals surface area contributed by atoms with Gasteiger partial charge < -0.3 is 5.11 Å². The summed E-state index contributed by atoms with van der Waals surface area (Å²) in [5.41, 5.74) is 2.06. The van der Waals surface area contributed by atoms with Crippen LogP contribution in [0.2, 0.25) is 0 Å². The number of aromatic nitrogens is 4. The van der Waals surface area contributed by atoms with Gasteiger partial charge in [-0.05, 0) is 18.9 Å². The lowest BCUT2D eigenvalue weighted by molar-refractivity contribution is 0.0689. The normalized spacial score (nSPS) is 11.3. The number of imidazole rings is 1. The molecule has 0 aliphatic heterocycles. The Hall–Kier alpha value is -2.15. The van der Waals surface area contributed by atoms with Gasteiger partial charge in [-0.15, -0.1) is 11.3 Å². The van der Waals surface area contributed by atoms with Gasteiger partial charge in [0.15, 0.2) is 16.5 Å². The molecule has 0 fully saturated rings. The molecule has 20 heavy (non-hydrogen) atoms. The Morgan fingerprint density at radius 2 is 2.20 bits per heavy atom. The molecule has 6 nitrogen and oxygen atoms in total. The zero-order valence-corrected chi connectivity index (χ0v) is 12.0. The molecule has 104 valence electrons. The van der Waals surface area contributed by atoms with Crippen molar-refractivity contribution in [3.8, 4) is 5.82 Å². The Balaban J connectivity index is 2.28. The summed E-state index contributed by atoms with van der Waals surface area (Å²) < 4.78 is 3.25. The smallest absolute Gasteiger partial charge is 0.356 e. The van der Waals surface area contributed by atoms with Crippen molar-refractivity contribution in [2.75, 3.05) is 0 Å². The van der Waals surface area contributed by atoms with Crippen LogP contribution in [0.3, 0.4) is 0 Å². The second-order valence-electron chi connectivity index (χ2n) is 4.39. The van der Waals surface area contributed by atoms with Crippen LogP contribution in [0.1, 0.15) is 35.7 Å². The van der Waals surface area contributed by atoms with E-state index in [0.717, 1.165) is 24.2 Å². The standard InChI is InChI=1S/C13H14N4O2S/c1-3-8-7-9(4-2)17(15-8)11-10(12(18)19)16-5-6-20-13(16)14-11/h5-7H,3-4H2,1-2H3,(H,18,19). The van der Waals surface area contributed by atoms with E-state index < -0.39 is 5.97 Å². The van der Waals surface area contributed by atoms with E-state index >= 15 is 0 Å². The SMILES string of the molecule is CCc1cc(CC)n(-c2nc3sccn3c2C(=O)O)n1. The molecule has 0 aromatic carbocycles. The van der Waals surface area contributed by atoms with Crippen molar-refractivity contribution in [1.82, 2.24) is 19.2 Å². The van der Waals surface area contributed by atoms with Crippen LogP contribution >= 0.6 is 11.3 Å². The predicted octanol–water partition coefficient (Wildman–Crippen LogP) is 2.40. The van der Waals surface area contributed by atoms with E-state index in [1.165, 1.54) is 11.3 Å². The van der Waals surface area contributed by atoms with Gasteiger partial charge in [0.1, 0.15) is 0 Å². The quantitative estimate of drug-likeness (QED) is 0.801. The average Bonchev–Trinajstić information content (AvgIpc) is 3.09. The topological polar surface area (TPSA) is 72.4 Å². The first-order chi connectivity index (χ1) is 9.65. The molecule has 0 aliphatic carbocycles. The van der Waals surface area contributed by atoms with E-state index in [4.69, 9.17) is 0 Å². The molecule has 0 bridgehead atoms. The van der Waals surface area contributed by atoms with Crippen LogP contribution in [-0.4, -0.2) is 30.2 Å². The molecule has 1 N–H and O–H groups in total. The van der Waals surface area contributed by atoms with Crippen LogP contribution in [0.4, 0.5) is 0 Å². The molecular formula is C13H14N4O2S. The number of thiazole rings is 1. The Kier molecular flexibility index (Phi) is 3.06. The van der Waals surface area contributed by atoms with Gasteiger partial charge in [-0.2, -0.15) is 10.1 Å². The summed E-state index contributed by atoms with van der Waals surface area (Å²) in [7, 11) is 0. The monoisotopic (exact) mass is 290 g/mol. The first-order valence-corrected chi connectivity index (χ1v) is 7.30. The number of aromatic carboxylic acids is 1. The van der Waals surface area contributed by atoms with Crippen molar-refractivity contribution in [2.24, 2.45) is 0 Å². The lowest BCUT2D eigenvalue weighted by Gasteiger charge is -2.03. The summed E-state index contributed by atoms with van der Waals surface area (Å²) in [6.07, 6.45) is 3.30. The highest BCUT2D eigenvalue weighted by molar-refractivity contribution is 7.15. The molecule has 0 atom stereocenters. The van der Waals surface area contributed by atoms with Gasteiger partial charge in [0.05, 0.1) is 5.69 Å². The minimum atomic E-state index is -0.999. The van der Waals surface area contributed by atoms with Gasteiger partial charge in [-0.1, -0.05) is 13.8 Å². The van der Waals surface area contributed by atoms with Crippen molar-refractivity contribution in [3.05, 3.63) is 34.7 Å². The average molecular weight is 290 g/mol. The highest BCUT2D eigenvalue weighted by Gasteiger charge is 2.23. The molecule has 0 amide bonds. The van der Waals surface area contributed by atoms with E-state index in [-0.39, 0.29) is 5.69 Å². The molecule has 0 unspecified atom stereocenters. The fraction of sp³-hybridized carbons (Fsp3) is 0.308. The van der Waals surface area contributed by atoms with E-state index in [1.807, 2.05) is 25.3 Å². The van der Waals surface area contributed by atoms with E-state index in [1.54, 1.807) is 15.3 Å². The number of carboxylic acid groups (broad SMARTS) is 1. The number of carbonyl (C=O) groups is 1. The molecule has 0 radical (unpaired) electrons. The summed E-state index contributed by atoms with van der Waals surface area (Å²) in [5.74, 6) is -0.609. The summed E-state index contributed by atoms with van der Waals surface area (Å²) in [6, 6.07) is 2.00. The van der Waals surface area contributed by atoms with Crippen LogP contribution in [0.5, 0.6) is 0 Å². The fourth-order valence-electron chi connectivity index (χ4n) is 2.20. The molecule has 7 heteroatoms. The lowest BCUT2D eigenvalue weighted by atomic mass is 10.2. The highest BCUT2D eigenvalue weighted by atomic mass is 32.1. The van der Waals surface area contributed by atoms with Gasteiger partial charge in [0.2, 0.25) is 0 Å². The molecule has 0 aliphatic rings. The van der Waals surface area contributed by atoms with Gasteiger partial charge in [-0.25, -0.2) is 9.48 Å². The van der Waals surface area contributed by atoms with Crippen molar-refractivity contribution < 1.29 is 9.90 Å². The van der Waals surface area contributed by atoms with Crippen LogP contribution in [0.15, 0.2) is 17.6 Å². The number of hydrogen-bond donors (Lipinski definition) is 1. The minimum Gasteiger partial charge on any atom is -0.476 e. The Labute approximate surface area is 119 Å². The van der Waals surface area contributed by atoms with Crippen LogP contribution in [-0.2, 0) is 12.8 Å². The fourth-order valence-corrected chi connectivity index (χ4v) is 2.91. The largest absolute Gasteiger partial charge is 0.476 e. The molecule has 3 rings (SSSR count). The van der Waals surface area contributed by atoms with Gasteiger partial charge in [0.25, 0.3) is 0 Å².